The number of nitrogens with zero attached hydrogens (tertiary/aromatic N) is 5. The standard InChI is InChI=1S/C15H17N5O/c1-3-14(21-8-1)11-18-6-7-20-13(9-16-15(20)12-18)10-19-5-2-4-17-19/h1-5,8-9H,6-7,10-12H2. The fourth-order valence-corrected chi connectivity index (χ4v) is 2.82. The summed E-state index contributed by atoms with van der Waals surface area (Å²) in [7, 11) is 0. The number of hydrogen-bond donors (Lipinski definition) is 0. The average molecular weight is 283 g/mol. The summed E-state index contributed by atoms with van der Waals surface area (Å²) in [5, 5.41) is 4.26. The number of aromatic nitrogens is 4. The number of furan rings is 1. The number of imidazole rings is 1. The highest BCUT2D eigenvalue weighted by atomic mass is 16.3. The molecule has 0 aliphatic carbocycles. The molecule has 21 heavy (non-hydrogen) atoms. The third-order valence-corrected chi connectivity index (χ3v) is 3.87. The average Bonchev–Trinajstić information content (AvgIpc) is 3.22. The van der Waals surface area contributed by atoms with Crippen LogP contribution in [0.4, 0.5) is 0 Å². The van der Waals surface area contributed by atoms with E-state index >= 15 is 0 Å². The Bertz CT molecular complexity index is 699. The van der Waals surface area contributed by atoms with Gasteiger partial charge in [0.1, 0.15) is 11.6 Å². The molecule has 0 radical (unpaired) electrons. The van der Waals surface area contributed by atoms with Crippen LogP contribution in [-0.4, -0.2) is 30.8 Å². The van der Waals surface area contributed by atoms with Crippen molar-refractivity contribution in [3.05, 3.63) is 60.3 Å². The van der Waals surface area contributed by atoms with Crippen molar-refractivity contribution < 1.29 is 4.42 Å². The lowest BCUT2D eigenvalue weighted by Gasteiger charge is -2.27. The Morgan fingerprint density at radius 1 is 1.19 bits per heavy atom. The van der Waals surface area contributed by atoms with Gasteiger partial charge in [-0.15, -0.1) is 0 Å². The normalized spacial score (nSPS) is 15.2. The molecule has 0 fully saturated rings. The second kappa shape index (κ2) is 5.21. The molecule has 4 rings (SSSR count). The molecule has 1 aliphatic heterocycles. The maximum Gasteiger partial charge on any atom is 0.123 e. The number of fused-ring (bicyclic) bond motifs is 1. The fraction of sp³-hybridized carbons (Fsp3) is 0.333. The van der Waals surface area contributed by atoms with Crippen molar-refractivity contribution in [1.82, 2.24) is 24.2 Å². The lowest BCUT2D eigenvalue weighted by Crippen LogP contribution is -2.34. The summed E-state index contributed by atoms with van der Waals surface area (Å²) in [5.41, 5.74) is 1.21. The maximum atomic E-state index is 5.42. The van der Waals surface area contributed by atoms with Crippen LogP contribution < -0.4 is 0 Å². The Balaban J connectivity index is 1.48. The molecule has 0 saturated carbocycles. The van der Waals surface area contributed by atoms with E-state index in [2.05, 4.69) is 19.5 Å². The van der Waals surface area contributed by atoms with Crippen LogP contribution in [0.15, 0.2) is 47.5 Å². The van der Waals surface area contributed by atoms with E-state index in [9.17, 15) is 0 Å². The summed E-state index contributed by atoms with van der Waals surface area (Å²) in [6.45, 7) is 4.45. The highest BCUT2D eigenvalue weighted by Gasteiger charge is 2.20. The Morgan fingerprint density at radius 3 is 3.00 bits per heavy atom. The van der Waals surface area contributed by atoms with Crippen LogP contribution >= 0.6 is 0 Å². The molecule has 108 valence electrons. The summed E-state index contributed by atoms with van der Waals surface area (Å²) < 4.78 is 9.66. The molecule has 1 aliphatic rings. The van der Waals surface area contributed by atoms with E-state index in [-0.39, 0.29) is 0 Å². The van der Waals surface area contributed by atoms with Crippen molar-refractivity contribution in [1.29, 1.82) is 0 Å². The second-order valence-electron chi connectivity index (χ2n) is 5.31. The molecular formula is C15H17N5O. The van der Waals surface area contributed by atoms with E-state index in [1.165, 1.54) is 5.69 Å². The van der Waals surface area contributed by atoms with E-state index in [1.807, 2.05) is 35.3 Å². The Hall–Kier alpha value is -2.34. The van der Waals surface area contributed by atoms with Gasteiger partial charge in [0.15, 0.2) is 0 Å². The van der Waals surface area contributed by atoms with Gasteiger partial charge in [0.05, 0.1) is 37.8 Å². The summed E-state index contributed by atoms with van der Waals surface area (Å²) >= 11 is 0. The van der Waals surface area contributed by atoms with E-state index in [0.29, 0.717) is 0 Å². The van der Waals surface area contributed by atoms with Crippen LogP contribution in [0.5, 0.6) is 0 Å². The first-order valence-corrected chi connectivity index (χ1v) is 7.14. The van der Waals surface area contributed by atoms with Crippen molar-refractivity contribution in [2.24, 2.45) is 0 Å². The maximum absolute atomic E-state index is 5.42. The highest BCUT2D eigenvalue weighted by Crippen LogP contribution is 2.17. The molecule has 0 aromatic carbocycles. The Labute approximate surface area is 122 Å². The minimum Gasteiger partial charge on any atom is -0.468 e. The molecule has 0 N–H and O–H groups in total. The third-order valence-electron chi connectivity index (χ3n) is 3.87. The van der Waals surface area contributed by atoms with Crippen LogP contribution in [0.2, 0.25) is 0 Å². The number of hydrogen-bond acceptors (Lipinski definition) is 4. The van der Waals surface area contributed by atoms with Gasteiger partial charge in [0.25, 0.3) is 0 Å². The second-order valence-corrected chi connectivity index (χ2v) is 5.31. The van der Waals surface area contributed by atoms with Crippen LogP contribution in [0.3, 0.4) is 0 Å². The molecule has 0 spiro atoms. The van der Waals surface area contributed by atoms with E-state index in [4.69, 9.17) is 4.42 Å². The van der Waals surface area contributed by atoms with Gasteiger partial charge in [-0.2, -0.15) is 5.10 Å². The molecule has 0 atom stereocenters. The topological polar surface area (TPSA) is 52.0 Å². The third kappa shape index (κ3) is 2.50. The molecule has 6 nitrogen and oxygen atoms in total. The van der Waals surface area contributed by atoms with Crippen molar-refractivity contribution >= 4 is 0 Å². The predicted molar refractivity (Wildman–Crippen MR) is 76.4 cm³/mol. The van der Waals surface area contributed by atoms with Gasteiger partial charge in [-0.1, -0.05) is 0 Å². The fourth-order valence-electron chi connectivity index (χ4n) is 2.82. The van der Waals surface area contributed by atoms with Crippen LogP contribution in [-0.2, 0) is 26.2 Å². The summed E-state index contributed by atoms with van der Waals surface area (Å²) in [6.07, 6.45) is 7.47. The lowest BCUT2D eigenvalue weighted by atomic mass is 10.3. The first-order valence-electron chi connectivity index (χ1n) is 7.14. The van der Waals surface area contributed by atoms with Gasteiger partial charge in [0.2, 0.25) is 0 Å². The van der Waals surface area contributed by atoms with Crippen LogP contribution in [0.25, 0.3) is 0 Å². The van der Waals surface area contributed by atoms with Crippen LogP contribution in [0, 0.1) is 0 Å². The SMILES string of the molecule is c1coc(CN2CCn3c(Cn4cccn4)cnc3C2)c1. The van der Waals surface area contributed by atoms with Gasteiger partial charge in [-0.3, -0.25) is 9.58 Å². The molecule has 3 aromatic rings. The molecule has 0 unspecified atom stereocenters. The van der Waals surface area contributed by atoms with Gasteiger partial charge in [0, 0.05) is 25.5 Å². The minimum absolute atomic E-state index is 0.776. The van der Waals surface area contributed by atoms with Gasteiger partial charge < -0.3 is 8.98 Å². The van der Waals surface area contributed by atoms with Crippen molar-refractivity contribution in [2.45, 2.75) is 26.2 Å². The smallest absolute Gasteiger partial charge is 0.123 e. The Kier molecular flexibility index (Phi) is 3.08. The largest absolute Gasteiger partial charge is 0.468 e. The zero-order chi connectivity index (χ0) is 14.1. The summed E-state index contributed by atoms with van der Waals surface area (Å²) in [5.74, 6) is 2.13. The molecule has 3 aromatic heterocycles. The van der Waals surface area contributed by atoms with Crippen LogP contribution in [0.1, 0.15) is 17.3 Å². The summed E-state index contributed by atoms with van der Waals surface area (Å²) in [4.78, 5) is 6.93. The molecule has 4 heterocycles. The zero-order valence-electron chi connectivity index (χ0n) is 11.7. The van der Waals surface area contributed by atoms with Gasteiger partial charge in [-0.25, -0.2) is 4.98 Å². The van der Waals surface area contributed by atoms with Gasteiger partial charge in [-0.05, 0) is 18.2 Å². The summed E-state index contributed by atoms with van der Waals surface area (Å²) in [6, 6.07) is 5.89. The first kappa shape index (κ1) is 12.4. The molecule has 6 heteroatoms. The highest BCUT2D eigenvalue weighted by molar-refractivity contribution is 5.09. The molecular weight excluding hydrogens is 266 g/mol. The first-order chi connectivity index (χ1) is 10.4. The Morgan fingerprint density at radius 2 is 2.19 bits per heavy atom. The van der Waals surface area contributed by atoms with Crippen molar-refractivity contribution in [3.8, 4) is 0 Å². The minimum atomic E-state index is 0.776. The monoisotopic (exact) mass is 283 g/mol. The zero-order valence-corrected chi connectivity index (χ0v) is 11.7. The van der Waals surface area contributed by atoms with E-state index in [0.717, 1.165) is 44.3 Å². The van der Waals surface area contributed by atoms with Crippen molar-refractivity contribution in [3.63, 3.8) is 0 Å². The van der Waals surface area contributed by atoms with Gasteiger partial charge >= 0.3 is 0 Å². The predicted octanol–water partition coefficient (Wildman–Crippen LogP) is 1.74. The molecule has 0 saturated heterocycles. The van der Waals surface area contributed by atoms with E-state index < -0.39 is 0 Å². The number of rotatable bonds is 4. The lowest BCUT2D eigenvalue weighted by molar-refractivity contribution is 0.192. The quantitative estimate of drug-likeness (QED) is 0.732. The van der Waals surface area contributed by atoms with E-state index in [1.54, 1.807) is 12.5 Å². The molecule has 0 amide bonds. The van der Waals surface area contributed by atoms with Crippen molar-refractivity contribution in [2.75, 3.05) is 6.54 Å². The molecule has 0 bridgehead atoms.